The minimum Gasteiger partial charge on any atom is -0.467 e. The Morgan fingerprint density at radius 2 is 1.70 bits per heavy atom. The van der Waals surface area contributed by atoms with Crippen LogP contribution < -0.4 is 0 Å². The topological polar surface area (TPSA) is 147 Å². The summed E-state index contributed by atoms with van der Waals surface area (Å²) in [5.74, 6) is -2.48. The number of rotatable bonds is 6. The summed E-state index contributed by atoms with van der Waals surface area (Å²) in [7, 11) is 1.06. The Bertz CT molecular complexity index is 888. The number of hydrogen-bond donors (Lipinski definition) is 3. The molecule has 162 valence electrons. The van der Waals surface area contributed by atoms with Crippen LogP contribution in [0.25, 0.3) is 6.08 Å². The molecule has 1 aromatic carbocycles. The third-order valence-electron chi connectivity index (χ3n) is 4.91. The number of hydrogen-bond acceptors (Lipinski definition) is 9. The lowest BCUT2D eigenvalue weighted by Crippen LogP contribution is -2.57. The summed E-state index contributed by atoms with van der Waals surface area (Å²) in [6, 6.07) is 4.47. The Morgan fingerprint density at radius 3 is 2.27 bits per heavy atom. The molecule has 4 atom stereocenters. The summed E-state index contributed by atoms with van der Waals surface area (Å²) in [5.41, 5.74) is -1.16. The van der Waals surface area contributed by atoms with Crippen molar-refractivity contribution in [2.24, 2.45) is 0 Å². The van der Waals surface area contributed by atoms with Crippen molar-refractivity contribution in [3.05, 3.63) is 41.0 Å². The van der Waals surface area contributed by atoms with Crippen LogP contribution in [0.1, 0.15) is 53.0 Å². The van der Waals surface area contributed by atoms with Gasteiger partial charge in [-0.1, -0.05) is 12.1 Å². The molecule has 3 N–H and O–H groups in total. The Morgan fingerprint density at radius 1 is 1.07 bits per heavy atom. The van der Waals surface area contributed by atoms with Crippen LogP contribution in [0, 0.1) is 0 Å². The van der Waals surface area contributed by atoms with E-state index in [0.717, 1.165) is 13.2 Å². The third-order valence-corrected chi connectivity index (χ3v) is 4.91. The Kier molecular flexibility index (Phi) is 7.25. The molecule has 0 heterocycles. The molecular formula is C21H24O9. The zero-order valence-corrected chi connectivity index (χ0v) is 16.8. The summed E-state index contributed by atoms with van der Waals surface area (Å²) >= 11 is 0. The number of methoxy groups -OCH3 is 1. The van der Waals surface area contributed by atoms with E-state index in [1.54, 1.807) is 6.07 Å². The zero-order chi connectivity index (χ0) is 22.6. The monoisotopic (exact) mass is 420 g/mol. The molecule has 1 aliphatic rings. The van der Waals surface area contributed by atoms with Gasteiger partial charge in [-0.3, -0.25) is 9.59 Å². The van der Waals surface area contributed by atoms with Crippen LogP contribution >= 0.6 is 0 Å². The van der Waals surface area contributed by atoms with Crippen molar-refractivity contribution >= 4 is 29.6 Å². The van der Waals surface area contributed by atoms with E-state index in [0.29, 0.717) is 5.56 Å². The van der Waals surface area contributed by atoms with Gasteiger partial charge in [0, 0.05) is 30.0 Å². The largest absolute Gasteiger partial charge is 0.467 e. The number of aliphatic hydroxyl groups excluding tert-OH is 2. The first-order chi connectivity index (χ1) is 14.0. The summed E-state index contributed by atoms with van der Waals surface area (Å²) in [4.78, 5) is 47.3. The van der Waals surface area contributed by atoms with Crippen molar-refractivity contribution in [2.75, 3.05) is 7.11 Å². The van der Waals surface area contributed by atoms with Gasteiger partial charge < -0.3 is 24.8 Å². The number of esters is 2. The molecule has 1 aliphatic carbocycles. The molecule has 0 radical (unpaired) electrons. The predicted octanol–water partition coefficient (Wildman–Crippen LogP) is 0.436. The quantitative estimate of drug-likeness (QED) is 0.339. The van der Waals surface area contributed by atoms with Gasteiger partial charge in [-0.05, 0) is 31.6 Å². The van der Waals surface area contributed by atoms with E-state index < -0.39 is 48.7 Å². The van der Waals surface area contributed by atoms with Crippen LogP contribution in [0.4, 0.5) is 0 Å². The second-order valence-corrected chi connectivity index (χ2v) is 7.22. The molecule has 2 rings (SSSR count). The fourth-order valence-corrected chi connectivity index (χ4v) is 3.34. The summed E-state index contributed by atoms with van der Waals surface area (Å²) < 4.78 is 9.61. The molecule has 1 fully saturated rings. The fourth-order valence-electron chi connectivity index (χ4n) is 3.34. The van der Waals surface area contributed by atoms with Crippen LogP contribution in [-0.4, -0.2) is 69.8 Å². The molecule has 0 aliphatic heterocycles. The van der Waals surface area contributed by atoms with Gasteiger partial charge in [-0.25, -0.2) is 9.59 Å². The van der Waals surface area contributed by atoms with Crippen molar-refractivity contribution in [3.8, 4) is 0 Å². The number of ether oxygens (including phenoxy) is 2. The molecule has 0 aromatic heterocycles. The number of aliphatic hydroxyl groups is 3. The zero-order valence-electron chi connectivity index (χ0n) is 16.8. The lowest BCUT2D eigenvalue weighted by atomic mass is 9.79. The molecule has 0 saturated heterocycles. The van der Waals surface area contributed by atoms with E-state index in [-0.39, 0.29) is 22.7 Å². The van der Waals surface area contributed by atoms with E-state index in [4.69, 9.17) is 4.74 Å². The van der Waals surface area contributed by atoms with Crippen LogP contribution in [0.2, 0.25) is 0 Å². The minimum atomic E-state index is -2.10. The van der Waals surface area contributed by atoms with Crippen LogP contribution in [0.3, 0.4) is 0 Å². The SMILES string of the molecule is COC(=O)[C@]1(O)C[C@H](OC(=O)/C=C/c2ccc(C(C)=O)c(C(C)=O)c2)[C@@H](O)[C@@H](O)C1. The lowest BCUT2D eigenvalue weighted by Gasteiger charge is -2.39. The number of benzene rings is 1. The molecule has 1 aromatic rings. The van der Waals surface area contributed by atoms with E-state index >= 15 is 0 Å². The fraction of sp³-hybridized carbons (Fsp3) is 0.429. The first-order valence-corrected chi connectivity index (χ1v) is 9.20. The van der Waals surface area contributed by atoms with Crippen LogP contribution in [0.5, 0.6) is 0 Å². The molecule has 9 heteroatoms. The summed E-state index contributed by atoms with van der Waals surface area (Å²) in [5, 5.41) is 30.3. The molecule has 1 saturated carbocycles. The molecule has 0 amide bonds. The van der Waals surface area contributed by atoms with E-state index in [2.05, 4.69) is 4.74 Å². The highest BCUT2D eigenvalue weighted by Gasteiger charge is 2.50. The molecule has 0 bridgehead atoms. The molecule has 0 unspecified atom stereocenters. The third kappa shape index (κ3) is 5.18. The average Bonchev–Trinajstić information content (AvgIpc) is 2.69. The lowest BCUT2D eigenvalue weighted by molar-refractivity contribution is -0.198. The highest BCUT2D eigenvalue weighted by Crippen LogP contribution is 2.32. The number of carbonyl (C=O) groups excluding carboxylic acids is 4. The van der Waals surface area contributed by atoms with Crippen molar-refractivity contribution in [1.29, 1.82) is 0 Å². The Hall–Kier alpha value is -2.88. The summed E-state index contributed by atoms with van der Waals surface area (Å²) in [6.07, 6.45) is -2.87. The maximum absolute atomic E-state index is 12.2. The van der Waals surface area contributed by atoms with Gasteiger partial charge in [0.2, 0.25) is 0 Å². The number of ketones is 2. The molecule has 9 nitrogen and oxygen atoms in total. The first-order valence-electron chi connectivity index (χ1n) is 9.20. The van der Waals surface area contributed by atoms with Gasteiger partial charge in [0.15, 0.2) is 17.2 Å². The predicted molar refractivity (Wildman–Crippen MR) is 104 cm³/mol. The van der Waals surface area contributed by atoms with Gasteiger partial charge >= 0.3 is 11.9 Å². The van der Waals surface area contributed by atoms with Crippen LogP contribution in [-0.2, 0) is 19.1 Å². The van der Waals surface area contributed by atoms with Crippen molar-refractivity contribution < 1.29 is 44.0 Å². The standard InChI is InChI=1S/C21H24O9/c1-11(22)14-6-4-13(8-15(14)12(2)23)5-7-18(25)30-17-10-21(28,20(27)29-3)9-16(24)19(17)26/h4-8,16-17,19,24,26,28H,9-10H2,1-3H3/b7-5+/t16-,17-,19-,21+/m0/s1. The van der Waals surface area contributed by atoms with Gasteiger partial charge in [0.1, 0.15) is 12.2 Å². The average molecular weight is 420 g/mol. The second-order valence-electron chi connectivity index (χ2n) is 7.22. The maximum atomic E-state index is 12.2. The van der Waals surface area contributed by atoms with Crippen molar-refractivity contribution in [2.45, 2.75) is 50.6 Å². The van der Waals surface area contributed by atoms with Gasteiger partial charge in [-0.2, -0.15) is 0 Å². The number of carbonyl (C=O) groups is 4. The highest BCUT2D eigenvalue weighted by atomic mass is 16.6. The second kappa shape index (κ2) is 9.29. The minimum absolute atomic E-state index is 0.215. The Balaban J connectivity index is 2.15. The Labute approximate surface area is 172 Å². The maximum Gasteiger partial charge on any atom is 0.338 e. The van der Waals surface area contributed by atoms with Gasteiger partial charge in [0.25, 0.3) is 0 Å². The van der Waals surface area contributed by atoms with E-state index in [9.17, 15) is 34.5 Å². The van der Waals surface area contributed by atoms with Crippen molar-refractivity contribution in [1.82, 2.24) is 0 Å². The van der Waals surface area contributed by atoms with Gasteiger partial charge in [0.05, 0.1) is 13.2 Å². The first kappa shape index (κ1) is 23.4. The van der Waals surface area contributed by atoms with E-state index in [1.165, 1.54) is 32.1 Å². The summed E-state index contributed by atoms with van der Waals surface area (Å²) in [6.45, 7) is 2.66. The molecular weight excluding hydrogens is 396 g/mol. The molecule has 30 heavy (non-hydrogen) atoms. The smallest absolute Gasteiger partial charge is 0.338 e. The number of Topliss-reactive ketones (excluding diaryl/α,β-unsaturated/α-hetero) is 2. The highest BCUT2D eigenvalue weighted by molar-refractivity contribution is 6.07. The van der Waals surface area contributed by atoms with Crippen LogP contribution in [0.15, 0.2) is 24.3 Å². The normalized spacial score (nSPS) is 26.3. The molecule has 0 spiro atoms. The van der Waals surface area contributed by atoms with Gasteiger partial charge in [-0.15, -0.1) is 0 Å². The van der Waals surface area contributed by atoms with Crippen molar-refractivity contribution in [3.63, 3.8) is 0 Å². The van der Waals surface area contributed by atoms with E-state index in [1.807, 2.05) is 0 Å².